The maximum absolute atomic E-state index is 13.0. The minimum absolute atomic E-state index is 0.0661. The van der Waals surface area contributed by atoms with Gasteiger partial charge in [0.15, 0.2) is 0 Å². The second-order valence-electron chi connectivity index (χ2n) is 8.54. The number of aromatic nitrogens is 3. The van der Waals surface area contributed by atoms with Crippen LogP contribution >= 0.6 is 0 Å². The molecule has 1 fully saturated rings. The topological polar surface area (TPSA) is 89.3 Å². The van der Waals surface area contributed by atoms with Crippen molar-refractivity contribution in [3.05, 3.63) is 71.3 Å². The Bertz CT molecular complexity index is 1170. The first-order valence-electron chi connectivity index (χ1n) is 10.7. The number of amides is 2. The van der Waals surface area contributed by atoms with Crippen LogP contribution in [0.4, 0.5) is 5.69 Å². The molecule has 2 amide bonds. The zero-order valence-corrected chi connectivity index (χ0v) is 18.1. The Morgan fingerprint density at radius 3 is 2.56 bits per heavy atom. The van der Waals surface area contributed by atoms with Crippen molar-refractivity contribution in [2.45, 2.75) is 19.9 Å². The number of hydrogen-bond acceptors (Lipinski definition) is 5. The molecule has 0 aliphatic carbocycles. The zero-order valence-electron chi connectivity index (χ0n) is 18.1. The van der Waals surface area contributed by atoms with Crippen LogP contribution in [0.25, 0.3) is 0 Å². The number of anilines is 1. The van der Waals surface area contributed by atoms with Crippen molar-refractivity contribution in [2.24, 2.45) is 11.8 Å². The molecule has 3 heterocycles. The van der Waals surface area contributed by atoms with Gasteiger partial charge in [0, 0.05) is 37.3 Å². The summed E-state index contributed by atoms with van der Waals surface area (Å²) >= 11 is 0. The van der Waals surface area contributed by atoms with Gasteiger partial charge in [0.25, 0.3) is 11.8 Å². The van der Waals surface area contributed by atoms with Crippen molar-refractivity contribution in [2.75, 3.05) is 25.5 Å². The fourth-order valence-electron chi connectivity index (χ4n) is 4.68. The lowest BCUT2D eigenvalue weighted by atomic mass is 9.89. The number of likely N-dealkylation sites (tertiary alicyclic amines) is 1. The maximum Gasteiger partial charge on any atom is 0.293 e. The molecule has 32 heavy (non-hydrogen) atoms. The largest absolute Gasteiger partial charge is 0.497 e. The van der Waals surface area contributed by atoms with Crippen molar-refractivity contribution in [3.8, 4) is 5.75 Å². The van der Waals surface area contributed by atoms with E-state index in [0.717, 1.165) is 22.7 Å². The Labute approximate surface area is 186 Å². The van der Waals surface area contributed by atoms with Gasteiger partial charge in [0.1, 0.15) is 11.6 Å². The van der Waals surface area contributed by atoms with E-state index in [1.807, 2.05) is 40.7 Å². The molecule has 1 saturated heterocycles. The lowest BCUT2D eigenvalue weighted by Gasteiger charge is -2.25. The molecule has 0 radical (unpaired) electrons. The predicted octanol–water partition coefficient (Wildman–Crippen LogP) is 2.79. The van der Waals surface area contributed by atoms with E-state index in [-0.39, 0.29) is 17.7 Å². The number of rotatable bonds is 4. The molecule has 0 saturated carbocycles. The highest BCUT2D eigenvalue weighted by Gasteiger charge is 2.40. The van der Waals surface area contributed by atoms with Gasteiger partial charge in [-0.25, -0.2) is 0 Å². The van der Waals surface area contributed by atoms with Crippen molar-refractivity contribution in [1.29, 1.82) is 0 Å². The number of carbonyl (C=O) groups excluding carboxylic acids is 2. The van der Waals surface area contributed by atoms with E-state index in [9.17, 15) is 9.59 Å². The molecule has 3 aromatic rings. The fraction of sp³-hybridized carbons (Fsp3) is 0.333. The van der Waals surface area contributed by atoms with Gasteiger partial charge in [-0.3, -0.25) is 9.59 Å². The van der Waals surface area contributed by atoms with Crippen molar-refractivity contribution < 1.29 is 14.3 Å². The third kappa shape index (κ3) is 3.72. The quantitative estimate of drug-likeness (QED) is 0.686. The number of carbonyl (C=O) groups is 2. The molecule has 0 bridgehead atoms. The highest BCUT2D eigenvalue weighted by atomic mass is 16.5. The molecule has 5 rings (SSSR count). The molecule has 8 nitrogen and oxygen atoms in total. The summed E-state index contributed by atoms with van der Waals surface area (Å²) in [4.78, 5) is 27.8. The summed E-state index contributed by atoms with van der Waals surface area (Å²) in [7, 11) is 1.60. The molecule has 2 aliphatic rings. The number of methoxy groups -OCH3 is 1. The first kappa shape index (κ1) is 20.2. The summed E-state index contributed by atoms with van der Waals surface area (Å²) in [5, 5.41) is 11.3. The van der Waals surface area contributed by atoms with Crippen LogP contribution in [0.1, 0.15) is 32.4 Å². The highest BCUT2D eigenvalue weighted by Crippen LogP contribution is 2.33. The van der Waals surface area contributed by atoms with Crippen LogP contribution in [0, 0.1) is 18.8 Å². The summed E-state index contributed by atoms with van der Waals surface area (Å²) in [6.45, 7) is 4.01. The van der Waals surface area contributed by atoms with Crippen LogP contribution in [0.3, 0.4) is 0 Å². The van der Waals surface area contributed by atoms with E-state index in [2.05, 4.69) is 15.5 Å². The zero-order chi connectivity index (χ0) is 22.2. The van der Waals surface area contributed by atoms with Crippen LogP contribution < -0.4 is 10.1 Å². The maximum atomic E-state index is 13.0. The number of aryl methyl sites for hydroxylation is 1. The third-order valence-electron chi connectivity index (χ3n) is 6.37. The predicted molar refractivity (Wildman–Crippen MR) is 119 cm³/mol. The Balaban J connectivity index is 1.29. The van der Waals surface area contributed by atoms with E-state index in [4.69, 9.17) is 4.74 Å². The molecule has 2 aliphatic heterocycles. The third-order valence-corrected chi connectivity index (χ3v) is 6.37. The first-order valence-corrected chi connectivity index (χ1v) is 10.7. The van der Waals surface area contributed by atoms with Gasteiger partial charge in [-0.1, -0.05) is 17.7 Å². The van der Waals surface area contributed by atoms with Crippen LogP contribution in [0.5, 0.6) is 5.75 Å². The molecule has 2 aromatic carbocycles. The van der Waals surface area contributed by atoms with Crippen LogP contribution in [0.2, 0.25) is 0 Å². The Kier molecular flexibility index (Phi) is 5.13. The van der Waals surface area contributed by atoms with E-state index in [1.165, 1.54) is 0 Å². The number of benzene rings is 2. The summed E-state index contributed by atoms with van der Waals surface area (Å²) < 4.78 is 7.06. The molecular formula is C24H25N5O3. The molecular weight excluding hydrogens is 406 g/mol. The minimum atomic E-state index is -0.293. The smallest absolute Gasteiger partial charge is 0.293 e. The van der Waals surface area contributed by atoms with E-state index in [0.29, 0.717) is 43.5 Å². The Morgan fingerprint density at radius 1 is 1.03 bits per heavy atom. The normalized spacial score (nSPS) is 19.2. The Hall–Kier alpha value is -3.68. The summed E-state index contributed by atoms with van der Waals surface area (Å²) in [5.74, 6) is 2.21. The number of nitrogens with zero attached hydrogens (tertiary/aromatic N) is 4. The lowest BCUT2D eigenvalue weighted by molar-refractivity contribution is 0.0783. The second-order valence-corrected chi connectivity index (χ2v) is 8.54. The molecule has 1 aromatic heterocycles. The average molecular weight is 431 g/mol. The van der Waals surface area contributed by atoms with Crippen molar-refractivity contribution in [3.63, 3.8) is 0 Å². The average Bonchev–Trinajstić information content (AvgIpc) is 3.41. The monoisotopic (exact) mass is 431 g/mol. The molecule has 0 unspecified atom stereocenters. The van der Waals surface area contributed by atoms with Gasteiger partial charge in [-0.2, -0.15) is 0 Å². The number of fused-ring (bicyclic) bond motifs is 2. The SMILES string of the molecule is COc1ccc(NC(=O)c2nnc3n2C[C@H]2CN(C(=O)c4cccc(C)c4)C[C@H]2C3)cc1. The number of nitrogens with one attached hydrogen (secondary N) is 1. The molecule has 0 spiro atoms. The standard InChI is InChI=1S/C24H25N5O3/c1-15-4-3-5-16(10-15)24(31)28-12-17-11-21-26-27-22(29(21)14-18(17)13-28)23(30)25-19-6-8-20(32-2)9-7-19/h3-10,17-18H,11-14H2,1-2H3,(H,25,30)/t17-,18-/m1/s1. The van der Waals surface area contributed by atoms with Gasteiger partial charge in [-0.15, -0.1) is 10.2 Å². The van der Waals surface area contributed by atoms with Crippen molar-refractivity contribution >= 4 is 17.5 Å². The molecule has 2 atom stereocenters. The van der Waals surface area contributed by atoms with Gasteiger partial charge < -0.3 is 19.5 Å². The number of ether oxygens (including phenoxy) is 1. The molecule has 164 valence electrons. The lowest BCUT2D eigenvalue weighted by Crippen LogP contribution is -2.31. The minimum Gasteiger partial charge on any atom is -0.497 e. The van der Waals surface area contributed by atoms with Gasteiger partial charge in [0.2, 0.25) is 5.82 Å². The summed E-state index contributed by atoms with van der Waals surface area (Å²) in [6.07, 6.45) is 0.713. The van der Waals surface area contributed by atoms with Gasteiger partial charge in [0.05, 0.1) is 7.11 Å². The Morgan fingerprint density at radius 2 is 1.81 bits per heavy atom. The van der Waals surface area contributed by atoms with E-state index < -0.39 is 0 Å². The van der Waals surface area contributed by atoms with Gasteiger partial charge in [-0.05, 0) is 55.2 Å². The van der Waals surface area contributed by atoms with Crippen molar-refractivity contribution in [1.82, 2.24) is 19.7 Å². The van der Waals surface area contributed by atoms with Crippen LogP contribution in [-0.4, -0.2) is 51.7 Å². The fourth-order valence-corrected chi connectivity index (χ4v) is 4.68. The molecule has 8 heteroatoms. The summed E-state index contributed by atoms with van der Waals surface area (Å²) in [6, 6.07) is 14.9. The number of hydrogen-bond donors (Lipinski definition) is 1. The summed E-state index contributed by atoms with van der Waals surface area (Å²) in [5.41, 5.74) is 2.46. The van der Waals surface area contributed by atoms with Crippen LogP contribution in [0.15, 0.2) is 48.5 Å². The second kappa shape index (κ2) is 8.11. The van der Waals surface area contributed by atoms with Crippen LogP contribution in [-0.2, 0) is 13.0 Å². The van der Waals surface area contributed by atoms with E-state index in [1.54, 1.807) is 31.4 Å². The van der Waals surface area contributed by atoms with E-state index >= 15 is 0 Å². The molecule has 1 N–H and O–H groups in total. The first-order chi connectivity index (χ1) is 15.5. The highest BCUT2D eigenvalue weighted by molar-refractivity contribution is 6.01. The van der Waals surface area contributed by atoms with Gasteiger partial charge >= 0.3 is 0 Å².